The summed E-state index contributed by atoms with van der Waals surface area (Å²) in [4.78, 5) is 23.9. The van der Waals surface area contributed by atoms with Crippen LogP contribution in [0.2, 0.25) is 5.02 Å². The summed E-state index contributed by atoms with van der Waals surface area (Å²) in [5.74, 6) is -1.47. The van der Waals surface area contributed by atoms with E-state index in [9.17, 15) is 9.59 Å². The van der Waals surface area contributed by atoms with E-state index in [0.29, 0.717) is 10.7 Å². The number of benzene rings is 1. The zero-order valence-electron chi connectivity index (χ0n) is 8.96. The van der Waals surface area contributed by atoms with Crippen LogP contribution in [0.15, 0.2) is 24.3 Å². The van der Waals surface area contributed by atoms with Crippen molar-refractivity contribution in [1.82, 2.24) is 0 Å². The van der Waals surface area contributed by atoms with Crippen molar-refractivity contribution in [2.24, 2.45) is 0 Å². The quantitative estimate of drug-likeness (QED) is 0.823. The first-order valence-electron chi connectivity index (χ1n) is 4.90. The van der Waals surface area contributed by atoms with E-state index in [0.717, 1.165) is 0 Å². The fraction of sp³-hybridized carbons (Fsp3) is 0.273. The number of hydrogen-bond donors (Lipinski definition) is 1. The highest BCUT2D eigenvalue weighted by atomic mass is 35.5. The largest absolute Gasteiger partial charge is 0.480 e. The lowest BCUT2D eigenvalue weighted by atomic mass is 9.97. The Morgan fingerprint density at radius 3 is 2.76 bits per heavy atom. The summed E-state index contributed by atoms with van der Waals surface area (Å²) in [6.45, 7) is 0. The first kappa shape index (κ1) is 11.9. The Kier molecular flexibility index (Phi) is 3.04. The van der Waals surface area contributed by atoms with Gasteiger partial charge in [0.1, 0.15) is 0 Å². The van der Waals surface area contributed by atoms with E-state index >= 15 is 0 Å². The fourth-order valence-corrected chi connectivity index (χ4v) is 2.03. The molecule has 0 bridgehead atoms. The Morgan fingerprint density at radius 1 is 1.53 bits per heavy atom. The molecule has 0 spiro atoms. The normalized spacial score (nSPS) is 23.4. The molecule has 1 amide bonds. The van der Waals surface area contributed by atoms with Crippen LogP contribution >= 0.6 is 11.6 Å². The van der Waals surface area contributed by atoms with E-state index in [-0.39, 0.29) is 5.91 Å². The molecule has 0 aliphatic carbocycles. The summed E-state index contributed by atoms with van der Waals surface area (Å²) >= 11 is 5.80. The molecule has 5 nitrogen and oxygen atoms in total. The molecule has 2 atom stereocenters. The number of carboxylic acids is 1. The van der Waals surface area contributed by atoms with Crippen LogP contribution in [0.25, 0.3) is 0 Å². The summed E-state index contributed by atoms with van der Waals surface area (Å²) in [6.07, 6.45) is -0.925. The van der Waals surface area contributed by atoms with Gasteiger partial charge in [-0.25, -0.2) is 4.79 Å². The molecule has 1 N–H and O–H groups in total. The monoisotopic (exact) mass is 255 g/mol. The Morgan fingerprint density at radius 2 is 2.24 bits per heavy atom. The van der Waals surface area contributed by atoms with Crippen molar-refractivity contribution in [1.29, 1.82) is 0 Å². The Balaban J connectivity index is 2.32. The highest BCUT2D eigenvalue weighted by molar-refractivity contribution is 6.31. The lowest BCUT2D eigenvalue weighted by molar-refractivity contribution is -0.155. The van der Waals surface area contributed by atoms with E-state index < -0.39 is 18.1 Å². The van der Waals surface area contributed by atoms with Gasteiger partial charge in [0, 0.05) is 17.8 Å². The molecule has 17 heavy (non-hydrogen) atoms. The molecular weight excluding hydrogens is 246 g/mol. The first-order chi connectivity index (χ1) is 8.06. The van der Waals surface area contributed by atoms with Gasteiger partial charge in [-0.15, -0.1) is 0 Å². The standard InChI is InChI=1S/C11H10ClNO4/c1-17-9-8(11(15)16)13(10(9)14)7-4-2-3-6(12)5-7/h2-5,8-9H,1H3,(H,15,16)/t8-,9+/m0/s1. The molecule has 1 aliphatic rings. The lowest BCUT2D eigenvalue weighted by Gasteiger charge is -2.43. The van der Waals surface area contributed by atoms with Crippen LogP contribution in [-0.2, 0) is 14.3 Å². The number of anilines is 1. The SMILES string of the molecule is CO[C@H]1C(=O)N(c2cccc(Cl)c2)[C@@H]1C(=O)O. The van der Waals surface area contributed by atoms with Gasteiger partial charge in [0.25, 0.3) is 5.91 Å². The van der Waals surface area contributed by atoms with Crippen LogP contribution in [0.3, 0.4) is 0 Å². The maximum Gasteiger partial charge on any atom is 0.330 e. The van der Waals surface area contributed by atoms with Crippen LogP contribution < -0.4 is 4.90 Å². The van der Waals surface area contributed by atoms with E-state index in [1.807, 2.05) is 0 Å². The van der Waals surface area contributed by atoms with Gasteiger partial charge >= 0.3 is 5.97 Å². The average molecular weight is 256 g/mol. The second-order valence-electron chi connectivity index (χ2n) is 3.63. The van der Waals surface area contributed by atoms with E-state index in [4.69, 9.17) is 21.4 Å². The fourth-order valence-electron chi connectivity index (χ4n) is 1.85. The van der Waals surface area contributed by atoms with Gasteiger partial charge in [-0.3, -0.25) is 9.69 Å². The van der Waals surface area contributed by atoms with E-state index in [1.165, 1.54) is 12.0 Å². The predicted octanol–water partition coefficient (Wildman–Crippen LogP) is 1.15. The molecule has 1 aromatic carbocycles. The van der Waals surface area contributed by atoms with Crippen LogP contribution in [0.4, 0.5) is 5.69 Å². The van der Waals surface area contributed by atoms with Crippen LogP contribution in [0, 0.1) is 0 Å². The minimum Gasteiger partial charge on any atom is -0.480 e. The van der Waals surface area contributed by atoms with Crippen molar-refractivity contribution in [3.63, 3.8) is 0 Å². The number of ether oxygens (including phenoxy) is 1. The van der Waals surface area contributed by atoms with E-state index in [2.05, 4.69) is 0 Å². The number of nitrogens with zero attached hydrogens (tertiary/aromatic N) is 1. The lowest BCUT2D eigenvalue weighted by Crippen LogP contribution is -2.69. The molecular formula is C11H10ClNO4. The third-order valence-corrected chi connectivity index (χ3v) is 2.87. The molecule has 2 rings (SSSR count). The third kappa shape index (κ3) is 1.87. The molecule has 0 aromatic heterocycles. The molecule has 90 valence electrons. The number of carboxylic acid groups (broad SMARTS) is 1. The van der Waals surface area contributed by atoms with Gasteiger partial charge in [0.05, 0.1) is 0 Å². The second-order valence-corrected chi connectivity index (χ2v) is 4.06. The predicted molar refractivity (Wildman–Crippen MR) is 61.2 cm³/mol. The number of carbonyl (C=O) groups is 2. The third-order valence-electron chi connectivity index (χ3n) is 2.64. The minimum atomic E-state index is -1.10. The number of methoxy groups -OCH3 is 1. The molecule has 1 heterocycles. The smallest absolute Gasteiger partial charge is 0.330 e. The first-order valence-corrected chi connectivity index (χ1v) is 5.28. The summed E-state index contributed by atoms with van der Waals surface area (Å²) in [7, 11) is 1.31. The van der Waals surface area contributed by atoms with Crippen molar-refractivity contribution in [2.75, 3.05) is 12.0 Å². The average Bonchev–Trinajstić information content (AvgIpc) is 2.26. The molecule has 0 radical (unpaired) electrons. The number of rotatable bonds is 3. The molecule has 6 heteroatoms. The van der Waals surface area contributed by atoms with Crippen molar-refractivity contribution < 1.29 is 19.4 Å². The summed E-state index contributed by atoms with van der Waals surface area (Å²) in [5.41, 5.74) is 0.461. The van der Waals surface area contributed by atoms with Crippen LogP contribution in [0.5, 0.6) is 0 Å². The van der Waals surface area contributed by atoms with Crippen molar-refractivity contribution >= 4 is 29.2 Å². The Labute approximate surface area is 103 Å². The van der Waals surface area contributed by atoms with Crippen molar-refractivity contribution in [3.8, 4) is 0 Å². The van der Waals surface area contributed by atoms with Gasteiger partial charge in [-0.1, -0.05) is 17.7 Å². The molecule has 0 unspecified atom stereocenters. The topological polar surface area (TPSA) is 66.8 Å². The highest BCUT2D eigenvalue weighted by Crippen LogP contribution is 2.31. The summed E-state index contributed by atoms with van der Waals surface area (Å²) < 4.78 is 4.85. The number of aliphatic carboxylic acids is 1. The van der Waals surface area contributed by atoms with Gasteiger partial charge in [-0.05, 0) is 18.2 Å². The van der Waals surface area contributed by atoms with Gasteiger partial charge in [0.15, 0.2) is 12.1 Å². The number of amides is 1. The molecule has 0 saturated carbocycles. The molecule has 1 fully saturated rings. The maximum atomic E-state index is 11.7. The highest BCUT2D eigenvalue weighted by Gasteiger charge is 2.53. The van der Waals surface area contributed by atoms with Crippen molar-refractivity contribution in [3.05, 3.63) is 29.3 Å². The number of β-lactam (4-membered cyclic amide) rings is 1. The summed E-state index contributed by atoms with van der Waals surface area (Å²) in [5, 5.41) is 9.49. The second kappa shape index (κ2) is 4.35. The Bertz CT molecular complexity index is 476. The number of halogens is 1. The molecule has 1 saturated heterocycles. The zero-order valence-corrected chi connectivity index (χ0v) is 9.72. The van der Waals surface area contributed by atoms with E-state index in [1.54, 1.807) is 24.3 Å². The van der Waals surface area contributed by atoms with Gasteiger partial charge in [-0.2, -0.15) is 0 Å². The van der Waals surface area contributed by atoms with Gasteiger partial charge < -0.3 is 9.84 Å². The number of hydrogen-bond acceptors (Lipinski definition) is 3. The number of carbonyl (C=O) groups excluding carboxylic acids is 1. The van der Waals surface area contributed by atoms with Crippen LogP contribution in [0.1, 0.15) is 0 Å². The van der Waals surface area contributed by atoms with Crippen molar-refractivity contribution in [2.45, 2.75) is 12.1 Å². The molecule has 1 aromatic rings. The van der Waals surface area contributed by atoms with Crippen LogP contribution in [-0.4, -0.2) is 36.2 Å². The maximum absolute atomic E-state index is 11.7. The molecule has 1 aliphatic heterocycles. The Hall–Kier alpha value is -1.59. The minimum absolute atomic E-state index is 0.373. The summed E-state index contributed by atoms with van der Waals surface area (Å²) in [6, 6.07) is 5.49. The zero-order chi connectivity index (χ0) is 12.6. The van der Waals surface area contributed by atoms with Gasteiger partial charge in [0.2, 0.25) is 0 Å².